The number of pyridine rings is 1. The molecule has 2 nitrogen and oxygen atoms in total. The molecule has 0 atom stereocenters. The van der Waals surface area contributed by atoms with E-state index in [1.54, 1.807) is 0 Å². The highest BCUT2D eigenvalue weighted by Crippen LogP contribution is 2.51. The molecule has 0 saturated carbocycles. The van der Waals surface area contributed by atoms with Crippen molar-refractivity contribution in [3.05, 3.63) is 23.9 Å². The van der Waals surface area contributed by atoms with E-state index in [4.69, 9.17) is 5.73 Å². The fourth-order valence-electron chi connectivity index (χ4n) is 0.950. The van der Waals surface area contributed by atoms with Gasteiger partial charge in [-0.3, -0.25) is 0 Å². The summed E-state index contributed by atoms with van der Waals surface area (Å²) in [5.74, 6) is -11.9. The number of alkyl halides is 7. The molecule has 2 N–H and O–H groups in total. The monoisotopic (exact) mass is 262 g/mol. The molecule has 1 aromatic heterocycles. The minimum Gasteiger partial charge on any atom is -0.384 e. The number of halogens is 7. The zero-order valence-electron chi connectivity index (χ0n) is 7.90. The molecule has 0 aromatic carbocycles. The van der Waals surface area contributed by atoms with Crippen LogP contribution < -0.4 is 5.73 Å². The molecule has 1 aromatic rings. The van der Waals surface area contributed by atoms with Gasteiger partial charge in [-0.25, -0.2) is 4.98 Å². The molecule has 1 rings (SSSR count). The fourth-order valence-corrected chi connectivity index (χ4v) is 0.950. The fraction of sp³-hybridized carbons (Fsp3) is 0.375. The maximum atomic E-state index is 13.0. The third-order valence-electron chi connectivity index (χ3n) is 1.90. The van der Waals surface area contributed by atoms with E-state index in [0.29, 0.717) is 12.1 Å². The zero-order valence-corrected chi connectivity index (χ0v) is 7.90. The number of rotatable bonds is 2. The van der Waals surface area contributed by atoms with Crippen LogP contribution in [0.3, 0.4) is 0 Å². The molecule has 17 heavy (non-hydrogen) atoms. The predicted octanol–water partition coefficient (Wildman–Crippen LogP) is 2.95. The van der Waals surface area contributed by atoms with E-state index in [-0.39, 0.29) is 12.0 Å². The van der Waals surface area contributed by atoms with Gasteiger partial charge >= 0.3 is 18.0 Å². The van der Waals surface area contributed by atoms with Crippen molar-refractivity contribution in [3.63, 3.8) is 0 Å². The second-order valence-electron chi connectivity index (χ2n) is 3.12. The van der Waals surface area contributed by atoms with E-state index in [1.807, 2.05) is 0 Å². The van der Waals surface area contributed by atoms with Gasteiger partial charge in [0.2, 0.25) is 0 Å². The maximum absolute atomic E-state index is 13.0. The first-order valence-corrected chi connectivity index (χ1v) is 4.04. The maximum Gasteiger partial charge on any atom is 0.460 e. The molecule has 0 aliphatic heterocycles. The summed E-state index contributed by atoms with van der Waals surface area (Å²) < 4.78 is 86.6. The largest absolute Gasteiger partial charge is 0.460 e. The topological polar surface area (TPSA) is 38.9 Å². The summed E-state index contributed by atoms with van der Waals surface area (Å²) in [4.78, 5) is 3.04. The van der Waals surface area contributed by atoms with Crippen LogP contribution in [-0.4, -0.2) is 17.1 Å². The van der Waals surface area contributed by atoms with Gasteiger partial charge in [0.05, 0.1) is 0 Å². The highest BCUT2D eigenvalue weighted by atomic mass is 19.4. The van der Waals surface area contributed by atoms with E-state index in [0.717, 1.165) is 0 Å². The van der Waals surface area contributed by atoms with Crippen LogP contribution in [0.1, 0.15) is 5.56 Å². The summed E-state index contributed by atoms with van der Waals surface area (Å²) in [5, 5.41) is 0. The molecule has 0 amide bonds. The third kappa shape index (κ3) is 2.13. The summed E-state index contributed by atoms with van der Waals surface area (Å²) in [5.41, 5.74) is 3.44. The van der Waals surface area contributed by atoms with Crippen LogP contribution in [0.4, 0.5) is 36.6 Å². The SMILES string of the molecule is Nc1ccc(C(F)(F)C(F)(F)C(F)(F)F)cn1. The Labute approximate surface area is 90.2 Å². The third-order valence-corrected chi connectivity index (χ3v) is 1.90. The molecule has 96 valence electrons. The van der Waals surface area contributed by atoms with E-state index in [1.165, 1.54) is 0 Å². The number of hydrogen-bond acceptors (Lipinski definition) is 2. The number of hydrogen-bond donors (Lipinski definition) is 1. The van der Waals surface area contributed by atoms with Crippen LogP contribution in [0.15, 0.2) is 18.3 Å². The van der Waals surface area contributed by atoms with Gasteiger partial charge in [0.1, 0.15) is 5.82 Å². The van der Waals surface area contributed by atoms with Gasteiger partial charge in [0.25, 0.3) is 0 Å². The minimum absolute atomic E-state index is 0.176. The van der Waals surface area contributed by atoms with E-state index in [2.05, 4.69) is 4.98 Å². The van der Waals surface area contributed by atoms with Crippen LogP contribution in [-0.2, 0) is 5.92 Å². The Morgan fingerprint density at radius 3 is 1.82 bits per heavy atom. The van der Waals surface area contributed by atoms with Crippen LogP contribution in [0.25, 0.3) is 0 Å². The summed E-state index contributed by atoms with van der Waals surface area (Å²) in [6.45, 7) is 0. The Morgan fingerprint density at radius 2 is 1.47 bits per heavy atom. The lowest BCUT2D eigenvalue weighted by Crippen LogP contribution is -2.50. The molecule has 9 heteroatoms. The van der Waals surface area contributed by atoms with Crippen molar-refractivity contribution in [2.45, 2.75) is 18.0 Å². The standard InChI is InChI=1S/C8H5F7N2/c9-6(10,7(11,12)8(13,14)15)4-1-2-5(16)17-3-4/h1-3H,(H2,16,17). The molecular formula is C8H5F7N2. The zero-order chi connectivity index (χ0) is 13.5. The van der Waals surface area contributed by atoms with Crippen LogP contribution in [0.2, 0.25) is 0 Å². The van der Waals surface area contributed by atoms with Gasteiger partial charge in [0.15, 0.2) is 0 Å². The highest BCUT2D eigenvalue weighted by Gasteiger charge is 2.73. The second kappa shape index (κ2) is 3.74. The van der Waals surface area contributed by atoms with Gasteiger partial charge in [-0.15, -0.1) is 0 Å². The first kappa shape index (κ1) is 13.5. The number of aromatic nitrogens is 1. The average molecular weight is 262 g/mol. The summed E-state index contributed by atoms with van der Waals surface area (Å²) in [7, 11) is 0. The van der Waals surface area contributed by atoms with E-state index >= 15 is 0 Å². The molecule has 1 heterocycles. The summed E-state index contributed by atoms with van der Waals surface area (Å²) in [6.07, 6.45) is -6.19. The highest BCUT2D eigenvalue weighted by molar-refractivity contribution is 5.32. The van der Waals surface area contributed by atoms with Gasteiger partial charge in [0, 0.05) is 11.8 Å². The van der Waals surface area contributed by atoms with Gasteiger partial charge in [-0.1, -0.05) is 0 Å². The van der Waals surface area contributed by atoms with Crippen LogP contribution in [0.5, 0.6) is 0 Å². The van der Waals surface area contributed by atoms with E-state index in [9.17, 15) is 30.7 Å². The van der Waals surface area contributed by atoms with Crippen molar-refractivity contribution >= 4 is 5.82 Å². The number of nitrogens with two attached hydrogens (primary N) is 1. The molecule has 0 aliphatic carbocycles. The normalized spacial score (nSPS) is 13.8. The number of nitrogens with zero attached hydrogens (tertiary/aromatic N) is 1. The quantitative estimate of drug-likeness (QED) is 0.832. The minimum atomic E-state index is -6.36. The van der Waals surface area contributed by atoms with E-state index < -0.39 is 23.6 Å². The first-order chi connectivity index (χ1) is 7.50. The molecule has 0 unspecified atom stereocenters. The van der Waals surface area contributed by atoms with Crippen molar-refractivity contribution in [2.24, 2.45) is 0 Å². The molecule has 0 radical (unpaired) electrons. The first-order valence-electron chi connectivity index (χ1n) is 4.04. The van der Waals surface area contributed by atoms with Crippen LogP contribution in [0, 0.1) is 0 Å². The van der Waals surface area contributed by atoms with Crippen molar-refractivity contribution in [1.29, 1.82) is 0 Å². The number of anilines is 1. The summed E-state index contributed by atoms with van der Waals surface area (Å²) >= 11 is 0. The number of nitrogen functional groups attached to an aromatic ring is 1. The molecular weight excluding hydrogens is 257 g/mol. The Hall–Kier alpha value is -1.54. The van der Waals surface area contributed by atoms with Crippen LogP contribution >= 0.6 is 0 Å². The van der Waals surface area contributed by atoms with Crippen molar-refractivity contribution < 1.29 is 30.7 Å². The Kier molecular flexibility index (Phi) is 2.98. The predicted molar refractivity (Wildman–Crippen MR) is 43.5 cm³/mol. The summed E-state index contributed by atoms with van der Waals surface area (Å²) in [6, 6.07) is 1.07. The lowest BCUT2D eigenvalue weighted by molar-refractivity contribution is -0.359. The molecule has 0 aliphatic rings. The Bertz CT molecular complexity index is 395. The Balaban J connectivity index is 3.23. The average Bonchev–Trinajstić information content (AvgIpc) is 2.16. The van der Waals surface area contributed by atoms with Crippen molar-refractivity contribution in [2.75, 3.05) is 5.73 Å². The molecule has 0 spiro atoms. The molecule has 0 bridgehead atoms. The smallest absolute Gasteiger partial charge is 0.384 e. The molecule has 0 saturated heterocycles. The molecule has 0 fully saturated rings. The van der Waals surface area contributed by atoms with Crippen molar-refractivity contribution in [3.8, 4) is 0 Å². The van der Waals surface area contributed by atoms with Crippen molar-refractivity contribution in [1.82, 2.24) is 4.98 Å². The van der Waals surface area contributed by atoms with Gasteiger partial charge in [-0.05, 0) is 12.1 Å². The Morgan fingerprint density at radius 1 is 0.941 bits per heavy atom. The lowest BCUT2D eigenvalue weighted by atomic mass is 10.0. The van der Waals surface area contributed by atoms with Gasteiger partial charge in [-0.2, -0.15) is 30.7 Å². The second-order valence-corrected chi connectivity index (χ2v) is 3.12. The van der Waals surface area contributed by atoms with Gasteiger partial charge < -0.3 is 5.73 Å². The lowest BCUT2D eigenvalue weighted by Gasteiger charge is -2.28.